The van der Waals surface area contributed by atoms with Crippen LogP contribution in [0.25, 0.3) is 22.1 Å². The van der Waals surface area contributed by atoms with Crippen molar-refractivity contribution in [3.8, 4) is 0 Å². The Morgan fingerprint density at radius 3 is 2.66 bits per heavy atom. The number of pyridine rings is 1. The van der Waals surface area contributed by atoms with Crippen molar-refractivity contribution in [2.24, 2.45) is 14.1 Å². The average Bonchev–Trinajstić information content (AvgIpc) is 3.28. The van der Waals surface area contributed by atoms with E-state index >= 15 is 0 Å². The third-order valence-electron chi connectivity index (χ3n) is 6.69. The van der Waals surface area contributed by atoms with Gasteiger partial charge < -0.3 is 9.47 Å². The average molecular weight is 431 g/mol. The van der Waals surface area contributed by atoms with Gasteiger partial charge in [-0.25, -0.2) is 9.97 Å². The molecule has 3 aromatic heterocycles. The quantitative estimate of drug-likeness (QED) is 0.474. The Labute approximate surface area is 188 Å². The van der Waals surface area contributed by atoms with Crippen molar-refractivity contribution in [1.29, 1.82) is 0 Å². The minimum absolute atomic E-state index is 0.0451. The molecular weight excluding hydrogens is 400 g/mol. The Morgan fingerprint density at radius 2 is 1.91 bits per heavy atom. The number of carbonyl (C=O) groups is 1. The Balaban J connectivity index is 1.64. The van der Waals surface area contributed by atoms with Crippen LogP contribution in [-0.2, 0) is 14.1 Å². The number of rotatable bonds is 3. The molecule has 1 saturated heterocycles. The third kappa shape index (κ3) is 3.18. The molecule has 1 atom stereocenters. The highest BCUT2D eigenvalue weighted by atomic mass is 16.2. The molecule has 1 unspecified atom stereocenters. The van der Waals surface area contributed by atoms with Crippen molar-refractivity contribution in [2.45, 2.75) is 52.0 Å². The van der Waals surface area contributed by atoms with Crippen molar-refractivity contribution in [2.75, 3.05) is 6.54 Å². The maximum absolute atomic E-state index is 14.1. The zero-order valence-electron chi connectivity index (χ0n) is 19.5. The number of piperidine rings is 1. The summed E-state index contributed by atoms with van der Waals surface area (Å²) in [5.41, 5.74) is 5.30. The van der Waals surface area contributed by atoms with Gasteiger partial charge in [0, 0.05) is 26.3 Å². The highest BCUT2D eigenvalue weighted by Crippen LogP contribution is 2.35. The minimum atomic E-state index is -0.0451. The highest BCUT2D eigenvalue weighted by Gasteiger charge is 2.33. The molecule has 32 heavy (non-hydrogen) atoms. The molecule has 1 aliphatic heterocycles. The summed E-state index contributed by atoms with van der Waals surface area (Å²) in [5.74, 6) is 1.22. The van der Waals surface area contributed by atoms with Gasteiger partial charge >= 0.3 is 0 Å². The molecule has 1 aromatic carbocycles. The van der Waals surface area contributed by atoms with Gasteiger partial charge in [-0.2, -0.15) is 5.10 Å². The van der Waals surface area contributed by atoms with Gasteiger partial charge in [0.25, 0.3) is 5.91 Å². The summed E-state index contributed by atoms with van der Waals surface area (Å²) in [7, 11) is 3.94. The van der Waals surface area contributed by atoms with Crippen LogP contribution in [0.4, 0.5) is 0 Å². The van der Waals surface area contributed by atoms with E-state index in [-0.39, 0.29) is 17.9 Å². The lowest BCUT2D eigenvalue weighted by molar-refractivity contribution is 0.0599. The zero-order valence-corrected chi connectivity index (χ0v) is 19.5. The van der Waals surface area contributed by atoms with Crippen molar-refractivity contribution in [3.63, 3.8) is 0 Å². The fraction of sp³-hybridized carbons (Fsp3) is 0.440. The molecule has 1 aliphatic rings. The smallest absolute Gasteiger partial charge is 0.255 e. The first kappa shape index (κ1) is 20.7. The molecule has 4 heterocycles. The number of amides is 1. The number of hydrogen-bond acceptors (Lipinski definition) is 4. The summed E-state index contributed by atoms with van der Waals surface area (Å²) < 4.78 is 3.93. The van der Waals surface area contributed by atoms with Crippen molar-refractivity contribution in [1.82, 2.24) is 29.2 Å². The van der Waals surface area contributed by atoms with Crippen LogP contribution >= 0.6 is 0 Å². The SMILES string of the molecule is Cc1nn(C)c2nc(C(C)C)cc(C(=O)N3CCCCC3c3nc4ccccc4n3C)c12. The summed E-state index contributed by atoms with van der Waals surface area (Å²) in [6.07, 6.45) is 3.01. The van der Waals surface area contributed by atoms with E-state index in [1.54, 1.807) is 4.68 Å². The first-order valence-electron chi connectivity index (χ1n) is 11.4. The van der Waals surface area contributed by atoms with E-state index in [1.165, 1.54) is 0 Å². The van der Waals surface area contributed by atoms with Crippen LogP contribution in [0.5, 0.6) is 0 Å². The summed E-state index contributed by atoms with van der Waals surface area (Å²) in [6, 6.07) is 10.1. The van der Waals surface area contributed by atoms with Crippen LogP contribution in [-0.4, -0.2) is 41.7 Å². The van der Waals surface area contributed by atoms with Gasteiger partial charge in [0.2, 0.25) is 0 Å². The number of imidazole rings is 1. The number of fused-ring (bicyclic) bond motifs is 2. The second kappa shape index (κ2) is 7.73. The third-order valence-corrected chi connectivity index (χ3v) is 6.69. The summed E-state index contributed by atoms with van der Waals surface area (Å²) in [4.78, 5) is 25.9. The fourth-order valence-electron chi connectivity index (χ4n) is 4.99. The van der Waals surface area contributed by atoms with E-state index in [0.29, 0.717) is 5.56 Å². The van der Waals surface area contributed by atoms with Crippen LogP contribution < -0.4 is 0 Å². The van der Waals surface area contributed by atoms with Gasteiger partial charge in [0.1, 0.15) is 5.82 Å². The Bertz CT molecular complexity index is 1330. The second-order valence-corrected chi connectivity index (χ2v) is 9.18. The molecule has 0 aliphatic carbocycles. The van der Waals surface area contributed by atoms with E-state index in [0.717, 1.165) is 65.1 Å². The number of benzene rings is 1. The largest absolute Gasteiger partial charge is 0.329 e. The standard InChI is InChI=1S/C25H30N6O/c1-15(2)19-14-17(22-16(3)28-30(5)24(22)27-19)25(32)31-13-9-8-12-21(31)23-26-18-10-6-7-11-20(18)29(23)4/h6-7,10-11,14-15,21H,8-9,12-13H2,1-5H3. The van der Waals surface area contributed by atoms with Crippen molar-refractivity contribution < 1.29 is 4.79 Å². The number of para-hydroxylation sites is 2. The maximum atomic E-state index is 14.1. The lowest BCUT2D eigenvalue weighted by atomic mass is 9.98. The predicted octanol–water partition coefficient (Wildman–Crippen LogP) is 4.65. The highest BCUT2D eigenvalue weighted by molar-refractivity contribution is 6.06. The number of hydrogen-bond donors (Lipinski definition) is 0. The lowest BCUT2D eigenvalue weighted by Gasteiger charge is -2.35. The molecule has 1 amide bonds. The first-order valence-corrected chi connectivity index (χ1v) is 11.4. The van der Waals surface area contributed by atoms with Gasteiger partial charge in [-0.15, -0.1) is 0 Å². The number of nitrogens with zero attached hydrogens (tertiary/aromatic N) is 6. The Kier molecular flexibility index (Phi) is 4.99. The predicted molar refractivity (Wildman–Crippen MR) is 126 cm³/mol. The number of carbonyl (C=O) groups excluding carboxylic acids is 1. The van der Waals surface area contributed by atoms with Crippen LogP contribution in [0.15, 0.2) is 30.3 Å². The van der Waals surface area contributed by atoms with Gasteiger partial charge in [-0.1, -0.05) is 26.0 Å². The second-order valence-electron chi connectivity index (χ2n) is 9.18. The molecule has 0 saturated carbocycles. The topological polar surface area (TPSA) is 68.8 Å². The Hall–Kier alpha value is -3.22. The van der Waals surface area contributed by atoms with E-state index in [4.69, 9.17) is 9.97 Å². The summed E-state index contributed by atoms with van der Waals surface area (Å²) in [6.45, 7) is 6.89. The van der Waals surface area contributed by atoms with Crippen molar-refractivity contribution in [3.05, 3.63) is 53.1 Å². The molecule has 7 heteroatoms. The van der Waals surface area contributed by atoms with Crippen LogP contribution in [0, 0.1) is 6.92 Å². The van der Waals surface area contributed by atoms with Gasteiger partial charge in [0.05, 0.1) is 33.7 Å². The molecule has 1 fully saturated rings. The minimum Gasteiger partial charge on any atom is -0.329 e. The van der Waals surface area contributed by atoms with Crippen LogP contribution in [0.2, 0.25) is 0 Å². The molecule has 0 bridgehead atoms. The fourth-order valence-corrected chi connectivity index (χ4v) is 4.99. The van der Waals surface area contributed by atoms with Gasteiger partial charge in [-0.05, 0) is 50.3 Å². The van der Waals surface area contributed by atoms with Gasteiger partial charge in [-0.3, -0.25) is 9.48 Å². The lowest BCUT2D eigenvalue weighted by Crippen LogP contribution is -2.39. The first-order chi connectivity index (χ1) is 15.4. The number of aryl methyl sites for hydroxylation is 3. The molecule has 4 aromatic rings. The number of aromatic nitrogens is 5. The van der Waals surface area contributed by atoms with Crippen LogP contribution in [0.1, 0.15) is 72.6 Å². The molecule has 0 N–H and O–H groups in total. The van der Waals surface area contributed by atoms with E-state index in [9.17, 15) is 4.79 Å². The van der Waals surface area contributed by atoms with E-state index in [2.05, 4.69) is 36.6 Å². The van der Waals surface area contributed by atoms with Gasteiger partial charge in [0.15, 0.2) is 5.65 Å². The molecular formula is C25H30N6O. The molecule has 7 nitrogen and oxygen atoms in total. The molecule has 5 rings (SSSR count). The van der Waals surface area contributed by atoms with Crippen molar-refractivity contribution >= 4 is 28.0 Å². The Morgan fingerprint density at radius 1 is 1.12 bits per heavy atom. The molecule has 0 spiro atoms. The monoisotopic (exact) mass is 430 g/mol. The summed E-state index contributed by atoms with van der Waals surface area (Å²) >= 11 is 0. The maximum Gasteiger partial charge on any atom is 0.255 e. The summed E-state index contributed by atoms with van der Waals surface area (Å²) in [5, 5.41) is 5.42. The van der Waals surface area contributed by atoms with E-state index < -0.39 is 0 Å². The normalized spacial score (nSPS) is 17.1. The molecule has 0 radical (unpaired) electrons. The zero-order chi connectivity index (χ0) is 22.6. The van der Waals surface area contributed by atoms with E-state index in [1.807, 2.05) is 43.1 Å². The number of likely N-dealkylation sites (tertiary alicyclic amines) is 1. The molecule has 166 valence electrons. The van der Waals surface area contributed by atoms with Crippen LogP contribution in [0.3, 0.4) is 0 Å².